The molecule has 0 amide bonds. The van der Waals surface area contributed by atoms with Crippen molar-refractivity contribution in [2.75, 3.05) is 6.61 Å². The molecule has 0 N–H and O–H groups in total. The van der Waals surface area contributed by atoms with E-state index in [1.807, 2.05) is 36.4 Å². The number of hydrogen-bond donors (Lipinski definition) is 0. The van der Waals surface area contributed by atoms with Gasteiger partial charge in [0.1, 0.15) is 13.7 Å². The van der Waals surface area contributed by atoms with Crippen molar-refractivity contribution in [2.24, 2.45) is 28.2 Å². The van der Waals surface area contributed by atoms with E-state index in [4.69, 9.17) is 9.73 Å². The standard InChI is InChI=1S/C26H32NO2P/c1-25(2)17-29-24(27-25)23-21-15-18(26(21,3)4)16-22(23)30(28,19-11-7-5-8-12-19)20-13-9-6-10-14-20/h5-14,18,21-23H,15-17H2,1-4H3/t18-,21+,22+,23+/m1/s1. The number of hydrogen-bond acceptors (Lipinski definition) is 3. The summed E-state index contributed by atoms with van der Waals surface area (Å²) in [7, 11) is -2.87. The maximum absolute atomic E-state index is 15.2. The van der Waals surface area contributed by atoms with Crippen molar-refractivity contribution < 1.29 is 9.30 Å². The summed E-state index contributed by atoms with van der Waals surface area (Å²) in [6.07, 6.45) is 2.17. The third-order valence-corrected chi connectivity index (χ3v) is 11.5. The molecular formula is C26H32NO2P. The van der Waals surface area contributed by atoms with E-state index in [-0.39, 0.29) is 22.5 Å². The average molecular weight is 422 g/mol. The zero-order chi connectivity index (χ0) is 21.1. The van der Waals surface area contributed by atoms with E-state index in [2.05, 4.69) is 52.0 Å². The van der Waals surface area contributed by atoms with Crippen LogP contribution in [-0.4, -0.2) is 23.7 Å². The number of rotatable bonds is 4. The van der Waals surface area contributed by atoms with Gasteiger partial charge in [0.25, 0.3) is 0 Å². The van der Waals surface area contributed by atoms with E-state index in [0.29, 0.717) is 18.4 Å². The molecule has 1 heterocycles. The number of benzene rings is 2. The first-order valence-electron chi connectivity index (χ1n) is 11.2. The molecule has 6 rings (SSSR count). The lowest BCUT2D eigenvalue weighted by atomic mass is 9.45. The van der Waals surface area contributed by atoms with Crippen molar-refractivity contribution in [2.45, 2.75) is 51.7 Å². The summed E-state index contributed by atoms with van der Waals surface area (Å²) in [5.74, 6) is 2.04. The molecule has 3 fully saturated rings. The predicted octanol–water partition coefficient (Wildman–Crippen LogP) is 5.26. The van der Waals surface area contributed by atoms with Gasteiger partial charge in [-0.3, -0.25) is 0 Å². The molecule has 4 atom stereocenters. The Hall–Kier alpha value is -1.86. The number of ether oxygens (including phenoxy) is 1. The molecule has 3 saturated carbocycles. The molecule has 0 radical (unpaired) electrons. The van der Waals surface area contributed by atoms with Crippen LogP contribution in [0.25, 0.3) is 0 Å². The smallest absolute Gasteiger partial charge is 0.188 e. The van der Waals surface area contributed by atoms with Crippen LogP contribution < -0.4 is 10.6 Å². The van der Waals surface area contributed by atoms with E-state index in [1.165, 1.54) is 6.42 Å². The average Bonchev–Trinajstić information content (AvgIpc) is 3.13. The minimum Gasteiger partial charge on any atom is -0.478 e. The maximum atomic E-state index is 15.2. The Balaban J connectivity index is 1.68. The highest BCUT2D eigenvalue weighted by Crippen LogP contribution is 2.69. The van der Waals surface area contributed by atoms with Gasteiger partial charge >= 0.3 is 0 Å². The molecule has 1 aliphatic heterocycles. The Morgan fingerprint density at radius 1 is 0.900 bits per heavy atom. The fourth-order valence-electron chi connectivity index (χ4n) is 6.10. The molecular weight excluding hydrogens is 389 g/mol. The van der Waals surface area contributed by atoms with Crippen molar-refractivity contribution in [1.82, 2.24) is 0 Å². The van der Waals surface area contributed by atoms with Gasteiger partial charge in [0.05, 0.1) is 5.54 Å². The van der Waals surface area contributed by atoms with Gasteiger partial charge in [-0.05, 0) is 43.9 Å². The molecule has 0 aromatic heterocycles. The van der Waals surface area contributed by atoms with Gasteiger partial charge in [0.2, 0.25) is 0 Å². The van der Waals surface area contributed by atoms with Crippen LogP contribution in [0.3, 0.4) is 0 Å². The SMILES string of the molecule is CC1(C)COC([C@H]2[C@@H]3C[C@H](C[C@@H]2P(=O)(c2ccccc2)c2ccccc2)C3(C)C)=N1. The second-order valence-electron chi connectivity index (χ2n) is 10.6. The summed E-state index contributed by atoms with van der Waals surface area (Å²) in [6.45, 7) is 9.63. The third kappa shape index (κ3) is 2.93. The highest BCUT2D eigenvalue weighted by atomic mass is 31.2. The summed E-state index contributed by atoms with van der Waals surface area (Å²) in [4.78, 5) is 5.01. The maximum Gasteiger partial charge on any atom is 0.188 e. The van der Waals surface area contributed by atoms with E-state index >= 15 is 4.57 Å². The lowest BCUT2D eigenvalue weighted by Crippen LogP contribution is -2.60. The summed E-state index contributed by atoms with van der Waals surface area (Å²) in [5, 5.41) is 1.92. The first kappa shape index (κ1) is 20.1. The van der Waals surface area contributed by atoms with E-state index < -0.39 is 7.14 Å². The molecule has 0 spiro atoms. The molecule has 2 aromatic carbocycles. The van der Waals surface area contributed by atoms with Crippen LogP contribution >= 0.6 is 7.14 Å². The lowest BCUT2D eigenvalue weighted by Gasteiger charge is -2.63. The van der Waals surface area contributed by atoms with Crippen molar-refractivity contribution in [3.05, 3.63) is 60.7 Å². The normalized spacial score (nSPS) is 31.4. The number of nitrogens with zero attached hydrogens (tertiary/aromatic N) is 1. The number of fused-ring (bicyclic) bond motifs is 2. The van der Waals surface area contributed by atoms with Crippen molar-refractivity contribution in [3.63, 3.8) is 0 Å². The predicted molar refractivity (Wildman–Crippen MR) is 124 cm³/mol. The van der Waals surface area contributed by atoms with Crippen LogP contribution in [0.1, 0.15) is 40.5 Å². The fraction of sp³-hybridized carbons (Fsp3) is 0.500. The first-order valence-corrected chi connectivity index (χ1v) is 12.9. The zero-order valence-electron chi connectivity index (χ0n) is 18.4. The van der Waals surface area contributed by atoms with Crippen LogP contribution in [-0.2, 0) is 9.30 Å². The minimum atomic E-state index is -2.87. The number of aliphatic imine (C=N–C) groups is 1. The van der Waals surface area contributed by atoms with Gasteiger partial charge in [0, 0.05) is 22.2 Å². The molecule has 3 nitrogen and oxygen atoms in total. The van der Waals surface area contributed by atoms with Gasteiger partial charge in [-0.2, -0.15) is 0 Å². The molecule has 4 aliphatic rings. The van der Waals surface area contributed by atoms with Crippen molar-refractivity contribution in [3.8, 4) is 0 Å². The molecule has 2 bridgehead atoms. The summed E-state index contributed by atoms with van der Waals surface area (Å²) in [6, 6.07) is 20.3. The van der Waals surface area contributed by atoms with E-state index in [0.717, 1.165) is 22.9 Å². The Bertz CT molecular complexity index is 968. The van der Waals surface area contributed by atoms with Crippen LogP contribution in [0, 0.1) is 23.2 Å². The van der Waals surface area contributed by atoms with Crippen molar-refractivity contribution in [1.29, 1.82) is 0 Å². The van der Waals surface area contributed by atoms with Crippen LogP contribution in [0.4, 0.5) is 0 Å². The van der Waals surface area contributed by atoms with Gasteiger partial charge in [-0.25, -0.2) is 4.99 Å². The summed E-state index contributed by atoms with van der Waals surface area (Å²) in [5.41, 5.74) is 0.0817. The van der Waals surface area contributed by atoms with Gasteiger partial charge in [-0.15, -0.1) is 0 Å². The Morgan fingerprint density at radius 3 is 1.93 bits per heavy atom. The largest absolute Gasteiger partial charge is 0.478 e. The summed E-state index contributed by atoms with van der Waals surface area (Å²) < 4.78 is 21.4. The van der Waals surface area contributed by atoms with Gasteiger partial charge in [-0.1, -0.05) is 74.5 Å². The minimum absolute atomic E-state index is 0.0340. The lowest BCUT2D eigenvalue weighted by molar-refractivity contribution is -0.0867. The zero-order valence-corrected chi connectivity index (χ0v) is 19.3. The molecule has 0 unspecified atom stereocenters. The second-order valence-corrected chi connectivity index (χ2v) is 13.6. The third-order valence-electron chi connectivity index (χ3n) is 7.94. The molecule has 2 aromatic rings. The van der Waals surface area contributed by atoms with Crippen molar-refractivity contribution >= 4 is 23.6 Å². The van der Waals surface area contributed by atoms with E-state index in [9.17, 15) is 0 Å². The van der Waals surface area contributed by atoms with Crippen LogP contribution in [0.15, 0.2) is 65.7 Å². The molecule has 3 aliphatic carbocycles. The Morgan fingerprint density at radius 2 is 1.47 bits per heavy atom. The first-order chi connectivity index (χ1) is 14.2. The van der Waals surface area contributed by atoms with Gasteiger partial charge < -0.3 is 9.30 Å². The molecule has 158 valence electrons. The Labute approximate surface area is 180 Å². The molecule has 30 heavy (non-hydrogen) atoms. The van der Waals surface area contributed by atoms with Crippen LogP contribution in [0.5, 0.6) is 0 Å². The Kier molecular flexibility index (Phi) is 4.56. The highest BCUT2D eigenvalue weighted by molar-refractivity contribution is 7.79. The highest BCUT2D eigenvalue weighted by Gasteiger charge is 2.63. The second kappa shape index (κ2) is 6.82. The van der Waals surface area contributed by atoms with Crippen LogP contribution in [0.2, 0.25) is 0 Å². The molecule has 4 heteroatoms. The van der Waals surface area contributed by atoms with E-state index in [1.54, 1.807) is 0 Å². The summed E-state index contributed by atoms with van der Waals surface area (Å²) >= 11 is 0. The topological polar surface area (TPSA) is 38.7 Å². The van der Waals surface area contributed by atoms with Gasteiger partial charge in [0.15, 0.2) is 5.90 Å². The monoisotopic (exact) mass is 421 g/mol. The fourth-order valence-corrected chi connectivity index (χ4v) is 9.73. The molecule has 0 saturated heterocycles. The quantitative estimate of drug-likeness (QED) is 0.632.